The number of phosphoric acid groups is 6. The SMILES string of the molecule is CC1(C)C(C=CC=CC=C2N(CCCS(=O)(=O)O)c3ccc(S(=O)(=O)O)cc3C2(C)CCCCCC(=O)NCCCCCCOP(=O)(O)OP(=O)(O)OP(=O)(O)OP(=O)(O)OP(=O)(O)OP(=O)(O)OC[C@H]2O[C@@H](n3cnc4c(=O)[nH]c(N)nc43)C[C@@H]2O)=[N+](CCCS(=O)(=O)O)c2ccc(S(=O)(=O)O)cc21. The fourth-order valence-electron chi connectivity index (χ4n) is 11.6. The van der Waals surface area contributed by atoms with Gasteiger partial charge in [0, 0.05) is 66.9 Å². The molecule has 5 heterocycles. The second-order valence-corrected chi connectivity index (χ2v) is 39.8. The van der Waals surface area contributed by atoms with Crippen LogP contribution in [0.1, 0.15) is 115 Å². The number of aliphatic hydroxyl groups excluding tert-OH is 1. The topological polar surface area (TPSA) is 660 Å². The van der Waals surface area contributed by atoms with E-state index in [9.17, 15) is 123 Å². The van der Waals surface area contributed by atoms with E-state index < -0.39 is 152 Å². The molecule has 4 aromatic rings. The van der Waals surface area contributed by atoms with Gasteiger partial charge in [-0.25, -0.2) is 32.4 Å². The number of nitrogens with two attached hydrogens (primary N) is 1. The Hall–Kier alpha value is -4.83. The number of carbonyl (C=O) groups excluding carboxylic acids is 1. The van der Waals surface area contributed by atoms with Gasteiger partial charge in [-0.15, -0.1) is 0 Å². The number of fused-ring (bicyclic) bond motifs is 3. The number of hydrogen-bond donors (Lipinski definition) is 14. The van der Waals surface area contributed by atoms with E-state index in [1.54, 1.807) is 53.7 Å². The van der Waals surface area contributed by atoms with Crippen molar-refractivity contribution in [2.24, 2.45) is 0 Å². The van der Waals surface area contributed by atoms with E-state index >= 15 is 0 Å². The maximum absolute atomic E-state index is 12.9. The summed E-state index contributed by atoms with van der Waals surface area (Å²) in [5, 5.41) is 13.2. The Balaban J connectivity index is 0.857. The van der Waals surface area contributed by atoms with Gasteiger partial charge in [-0.05, 0) is 94.8 Å². The van der Waals surface area contributed by atoms with Crippen LogP contribution in [0.25, 0.3) is 11.2 Å². The highest BCUT2D eigenvalue weighted by Gasteiger charge is 2.51. The Kier molecular flexibility index (Phi) is 28.5. The molecule has 0 radical (unpaired) electrons. The smallest absolute Gasteiger partial charge is 0.390 e. The number of ether oxygens (including phenoxy) is 1. The largest absolute Gasteiger partial charge is 0.490 e. The van der Waals surface area contributed by atoms with Crippen molar-refractivity contribution in [3.8, 4) is 0 Å². The number of nitrogens with zero attached hydrogens (tertiary/aromatic N) is 5. The molecule has 0 spiro atoms. The van der Waals surface area contributed by atoms with E-state index in [4.69, 9.17) is 10.5 Å². The van der Waals surface area contributed by atoms with E-state index in [1.807, 2.05) is 6.92 Å². The minimum Gasteiger partial charge on any atom is -0.390 e. The van der Waals surface area contributed by atoms with Crippen LogP contribution >= 0.6 is 46.9 Å². The summed E-state index contributed by atoms with van der Waals surface area (Å²) in [4.78, 5) is 95.6. The molecule has 2 aromatic heterocycles. The summed E-state index contributed by atoms with van der Waals surface area (Å²) in [5.41, 5.74) is 5.62. The number of unbranched alkanes of at least 4 members (excludes halogenated alkanes) is 5. The molecule has 0 bridgehead atoms. The highest BCUT2D eigenvalue weighted by atomic mass is 32.2. The molecule has 43 nitrogen and oxygen atoms in total. The zero-order chi connectivity index (χ0) is 78.4. The van der Waals surface area contributed by atoms with Crippen LogP contribution in [0.3, 0.4) is 0 Å². The number of phosphoric ester groups is 2. The molecule has 0 saturated carbocycles. The summed E-state index contributed by atoms with van der Waals surface area (Å²) in [6.07, 6.45) is 7.33. The number of allylic oxidation sites excluding steroid dienone is 6. The van der Waals surface area contributed by atoms with Gasteiger partial charge in [0.2, 0.25) is 17.5 Å². The number of imidazole rings is 1. The van der Waals surface area contributed by atoms with E-state index in [2.05, 4.69) is 50.9 Å². The minimum atomic E-state index is -6.58. The predicted octanol–water partition coefficient (Wildman–Crippen LogP) is 5.60. The Labute approximate surface area is 599 Å². The monoisotopic (exact) mass is 1690 g/mol. The lowest BCUT2D eigenvalue weighted by molar-refractivity contribution is -0.437. The van der Waals surface area contributed by atoms with E-state index in [0.29, 0.717) is 72.4 Å². The van der Waals surface area contributed by atoms with Crippen LogP contribution in [0.5, 0.6) is 0 Å². The molecule has 3 aliphatic heterocycles. The van der Waals surface area contributed by atoms with Crippen LogP contribution in [-0.2, 0) is 119 Å². The molecular formula is C52H77N8O35P6S4+. The molecule has 7 unspecified atom stereocenters. The molecular weight excluding hydrogens is 1610 g/mol. The molecule has 2 aromatic carbocycles. The van der Waals surface area contributed by atoms with Crippen molar-refractivity contribution in [1.82, 2.24) is 24.8 Å². The first-order chi connectivity index (χ1) is 48.2. The van der Waals surface area contributed by atoms with Gasteiger partial charge in [-0.3, -0.25) is 46.4 Å². The molecule has 3 aliphatic rings. The van der Waals surface area contributed by atoms with Crippen LogP contribution in [0.2, 0.25) is 0 Å². The third-order valence-corrected chi connectivity index (χ3v) is 28.6. The highest BCUT2D eigenvalue weighted by Crippen LogP contribution is 2.75. The molecule has 105 heavy (non-hydrogen) atoms. The van der Waals surface area contributed by atoms with Crippen LogP contribution in [-0.4, -0.2) is 179 Å². The lowest BCUT2D eigenvalue weighted by atomic mass is 9.77. The number of nitrogen functional groups attached to an aromatic ring is 1. The average molecular weight is 1690 g/mol. The Morgan fingerprint density at radius 1 is 0.714 bits per heavy atom. The summed E-state index contributed by atoms with van der Waals surface area (Å²) < 4.78 is 246. The van der Waals surface area contributed by atoms with Crippen molar-refractivity contribution >= 4 is 128 Å². The van der Waals surface area contributed by atoms with Gasteiger partial charge in [-0.2, -0.15) is 64.8 Å². The van der Waals surface area contributed by atoms with E-state index in [-0.39, 0.29) is 86.1 Å². The summed E-state index contributed by atoms with van der Waals surface area (Å²) in [7, 11) is -55.7. The summed E-state index contributed by atoms with van der Waals surface area (Å²) in [6, 6.07) is 7.89. The quantitative estimate of drug-likeness (QED) is 0.00845. The number of aliphatic hydroxyl groups is 1. The third-order valence-electron chi connectivity index (χ3n) is 16.1. The van der Waals surface area contributed by atoms with Gasteiger partial charge in [0.25, 0.3) is 46.0 Å². The van der Waals surface area contributed by atoms with Gasteiger partial charge < -0.3 is 55.2 Å². The van der Waals surface area contributed by atoms with Gasteiger partial charge >= 0.3 is 46.9 Å². The summed E-state index contributed by atoms with van der Waals surface area (Å²) in [6.45, 7) is 3.81. The van der Waals surface area contributed by atoms with Crippen LogP contribution in [0, 0.1) is 0 Å². The molecule has 7 rings (SSSR count). The number of amides is 1. The zero-order valence-corrected chi connectivity index (χ0v) is 64.1. The lowest BCUT2D eigenvalue weighted by Gasteiger charge is -2.30. The number of benzene rings is 2. The van der Waals surface area contributed by atoms with Crippen LogP contribution < -0.4 is 21.5 Å². The molecule has 1 fully saturated rings. The van der Waals surface area contributed by atoms with Gasteiger partial charge in [0.1, 0.15) is 18.9 Å². The molecule has 0 aliphatic carbocycles. The van der Waals surface area contributed by atoms with E-state index in [1.165, 1.54) is 41.0 Å². The number of aromatic nitrogens is 4. The lowest BCUT2D eigenvalue weighted by Crippen LogP contribution is -2.30. The molecule has 1 amide bonds. The van der Waals surface area contributed by atoms with Crippen LogP contribution in [0.4, 0.5) is 17.3 Å². The van der Waals surface area contributed by atoms with Gasteiger partial charge in [0.15, 0.2) is 16.9 Å². The zero-order valence-electron chi connectivity index (χ0n) is 55.4. The maximum atomic E-state index is 12.9. The molecule has 1 saturated heterocycles. The van der Waals surface area contributed by atoms with Crippen molar-refractivity contribution in [1.29, 1.82) is 0 Å². The number of aromatic amines is 1. The number of H-pyrrole nitrogens is 1. The standard InChI is InChI=1S/C52H76N8O35P6S4/c1-51(2)37-30-35(104(82,83)84)19-21-39(37)58(25-14-28-102(76,77)78)43(51)16-8-6-9-17-44-52(3,38-31-36(105(85,86)87)20-22-40(38)59(44)26-15-29-103(79,80)81)23-11-7-10-18-45(62)54-24-12-4-5-13-27-88-96(64,65)91-98(68,69)93-100(72,73)95-101(74,75)94-99(70,71)92-97(66,67)89-33-42-41(61)32-46(90-42)60-34-55-47-48(60)56-50(53)57-49(47)63/h6,8-9,16-17,19-22,30-31,34,41-42,46,61H,4-5,7,10-15,18,23-29,32-33H2,1-3H3,(H13-,53,54,56,57,62,63,64,65,66,67,68,69,70,71,72,73,74,75,76,77,78,79,80,81,82,83,84,85,86,87)/p+1/t41-,42+,46+,52?/m0/s1. The fourth-order valence-corrected chi connectivity index (χ4v) is 21.4. The second kappa shape index (κ2) is 34.2. The third kappa shape index (κ3) is 25.1. The van der Waals surface area contributed by atoms with Crippen LogP contribution in [0.15, 0.2) is 93.4 Å². The maximum Gasteiger partial charge on any atom is 0.490 e. The highest BCUT2D eigenvalue weighted by molar-refractivity contribution is 7.86. The van der Waals surface area contributed by atoms with Gasteiger partial charge in [0.05, 0.1) is 52.4 Å². The van der Waals surface area contributed by atoms with Crippen molar-refractivity contribution in [3.63, 3.8) is 0 Å². The van der Waals surface area contributed by atoms with Crippen molar-refractivity contribution in [2.45, 2.75) is 137 Å². The minimum absolute atomic E-state index is 0.00149. The predicted molar refractivity (Wildman–Crippen MR) is 366 cm³/mol. The van der Waals surface area contributed by atoms with Crippen molar-refractivity contribution < 1.29 is 158 Å². The van der Waals surface area contributed by atoms with Gasteiger partial charge in [-0.1, -0.05) is 43.9 Å². The first kappa shape index (κ1) is 87.4. The second-order valence-electron chi connectivity index (χ2n) is 24.4. The van der Waals surface area contributed by atoms with Crippen molar-refractivity contribution in [3.05, 3.63) is 100 Å². The number of rotatable bonds is 41. The summed E-state index contributed by atoms with van der Waals surface area (Å²) in [5.74, 6) is -1.86. The molecule has 15 N–H and O–H groups in total. The number of anilines is 2. The first-order valence-electron chi connectivity index (χ1n) is 31.0. The number of hydrogen-bond acceptors (Lipinski definition) is 29. The Morgan fingerprint density at radius 2 is 1.27 bits per heavy atom. The fraction of sp³-hybridized carbons (Fsp3) is 0.519. The average Bonchev–Trinajstić information content (AvgIpc) is 1.59. The normalized spacial score (nSPS) is 22.6. The summed E-state index contributed by atoms with van der Waals surface area (Å²) >= 11 is 0. The van der Waals surface area contributed by atoms with Crippen molar-refractivity contribution in [2.75, 3.05) is 55.0 Å². The Morgan fingerprint density at radius 3 is 1.87 bits per heavy atom. The molecule has 10 atom stereocenters. The molecule has 588 valence electrons. The Bertz CT molecular complexity index is 4920. The molecule has 53 heteroatoms. The number of carbonyl (C=O) groups is 1. The number of nitrogens with one attached hydrogen (secondary N) is 2. The first-order valence-corrected chi connectivity index (χ1v) is 46.1. The van der Waals surface area contributed by atoms with E-state index in [0.717, 1.165) is 6.33 Å².